The summed E-state index contributed by atoms with van der Waals surface area (Å²) in [5.41, 5.74) is 4.09. The molecule has 2 aromatic carbocycles. The summed E-state index contributed by atoms with van der Waals surface area (Å²) in [6.45, 7) is 0. The number of anilines is 2. The Kier molecular flexibility index (Phi) is 3.77. The highest BCUT2D eigenvalue weighted by atomic mass is 19.1. The molecule has 2 rings (SSSR count). The van der Waals surface area contributed by atoms with Gasteiger partial charge in [0, 0.05) is 12.7 Å². The summed E-state index contributed by atoms with van der Waals surface area (Å²) in [6, 6.07) is 12.6. The van der Waals surface area contributed by atoms with Crippen LogP contribution >= 0.6 is 0 Å². The number of hydrogen-bond acceptors (Lipinski definition) is 3. The fraction of sp³-hybridized carbons (Fsp3) is 0.0714. The summed E-state index contributed by atoms with van der Waals surface area (Å²) in [4.78, 5) is 13.8. The molecule has 0 saturated carbocycles. The molecule has 4 nitrogen and oxygen atoms in total. The maximum atomic E-state index is 12.9. The van der Waals surface area contributed by atoms with Gasteiger partial charge in [-0.1, -0.05) is 12.1 Å². The van der Waals surface area contributed by atoms with Crippen molar-refractivity contribution in [3.8, 4) is 0 Å². The van der Waals surface area contributed by atoms with Gasteiger partial charge in [-0.2, -0.15) is 0 Å². The fourth-order valence-electron chi connectivity index (χ4n) is 1.76. The number of hydrogen-bond donors (Lipinski definition) is 2. The van der Waals surface area contributed by atoms with Crippen LogP contribution in [-0.4, -0.2) is 13.0 Å². The van der Waals surface area contributed by atoms with Crippen LogP contribution in [0, 0.1) is 5.82 Å². The zero-order valence-electron chi connectivity index (χ0n) is 10.4. The lowest BCUT2D eigenvalue weighted by molar-refractivity contribution is 0.0993. The van der Waals surface area contributed by atoms with Gasteiger partial charge in [-0.25, -0.2) is 4.39 Å². The molecule has 0 fully saturated rings. The van der Waals surface area contributed by atoms with Crippen LogP contribution in [0.4, 0.5) is 15.8 Å². The van der Waals surface area contributed by atoms with E-state index >= 15 is 0 Å². The monoisotopic (exact) mass is 259 g/mol. The van der Waals surface area contributed by atoms with E-state index in [0.717, 1.165) is 0 Å². The number of nitrogens with zero attached hydrogens (tertiary/aromatic N) is 1. The van der Waals surface area contributed by atoms with Crippen LogP contribution in [0.25, 0.3) is 0 Å². The zero-order valence-corrected chi connectivity index (χ0v) is 10.4. The predicted octanol–water partition coefficient (Wildman–Crippen LogP) is 2.39. The van der Waals surface area contributed by atoms with E-state index in [1.165, 1.54) is 17.0 Å². The van der Waals surface area contributed by atoms with E-state index in [1.54, 1.807) is 43.4 Å². The molecule has 0 aromatic heterocycles. The topological polar surface area (TPSA) is 58.4 Å². The number of hydrazine groups is 1. The molecule has 0 aliphatic carbocycles. The first-order chi connectivity index (χ1) is 9.13. The maximum absolute atomic E-state index is 12.9. The number of rotatable bonds is 3. The maximum Gasteiger partial charge on any atom is 0.260 e. The van der Waals surface area contributed by atoms with Crippen LogP contribution < -0.4 is 16.2 Å². The number of carbonyl (C=O) groups excluding carboxylic acids is 1. The summed E-state index contributed by atoms with van der Waals surface area (Å²) in [7, 11) is 1.63. The summed E-state index contributed by atoms with van der Waals surface area (Å²) in [6.07, 6.45) is 0. The van der Waals surface area contributed by atoms with Crippen LogP contribution in [0.3, 0.4) is 0 Å². The highest BCUT2D eigenvalue weighted by Crippen LogP contribution is 2.20. The van der Waals surface area contributed by atoms with Crippen molar-refractivity contribution in [2.75, 3.05) is 17.4 Å². The molecule has 0 atom stereocenters. The second kappa shape index (κ2) is 5.49. The molecule has 0 saturated heterocycles. The van der Waals surface area contributed by atoms with E-state index in [0.29, 0.717) is 16.9 Å². The van der Waals surface area contributed by atoms with Gasteiger partial charge in [-0.3, -0.25) is 10.6 Å². The minimum atomic E-state index is -0.339. The average Bonchev–Trinajstić information content (AvgIpc) is 2.46. The first-order valence-corrected chi connectivity index (χ1v) is 5.72. The first-order valence-electron chi connectivity index (χ1n) is 5.72. The summed E-state index contributed by atoms with van der Waals surface area (Å²) >= 11 is 0. The average molecular weight is 259 g/mol. The molecule has 1 amide bonds. The van der Waals surface area contributed by atoms with Crippen molar-refractivity contribution in [2.24, 2.45) is 5.84 Å². The number of carbonyl (C=O) groups is 1. The van der Waals surface area contributed by atoms with Crippen LogP contribution in [0.15, 0.2) is 48.5 Å². The van der Waals surface area contributed by atoms with Crippen molar-refractivity contribution in [1.82, 2.24) is 0 Å². The Morgan fingerprint density at radius 3 is 2.42 bits per heavy atom. The predicted molar refractivity (Wildman–Crippen MR) is 73.4 cm³/mol. The lowest BCUT2D eigenvalue weighted by Crippen LogP contribution is -2.27. The number of nitrogen functional groups attached to an aromatic ring is 1. The van der Waals surface area contributed by atoms with Crippen molar-refractivity contribution < 1.29 is 9.18 Å². The van der Waals surface area contributed by atoms with Crippen molar-refractivity contribution in [3.05, 3.63) is 59.9 Å². The number of benzene rings is 2. The molecule has 0 aliphatic heterocycles. The Morgan fingerprint density at radius 2 is 1.79 bits per heavy atom. The van der Waals surface area contributed by atoms with Gasteiger partial charge in [-0.05, 0) is 36.4 Å². The quantitative estimate of drug-likeness (QED) is 0.657. The van der Waals surface area contributed by atoms with Crippen LogP contribution in [0.2, 0.25) is 0 Å². The standard InChI is InChI=1S/C14H14FN3O/c1-18(11-8-6-10(15)7-9-11)14(19)12-4-2-3-5-13(12)17-16/h2-9,17H,16H2,1H3. The molecule has 98 valence electrons. The second-order valence-electron chi connectivity index (χ2n) is 4.03. The Bertz CT molecular complexity index is 583. The highest BCUT2D eigenvalue weighted by Gasteiger charge is 2.16. The van der Waals surface area contributed by atoms with Crippen molar-refractivity contribution >= 4 is 17.3 Å². The molecule has 0 spiro atoms. The molecule has 0 radical (unpaired) electrons. The smallest absolute Gasteiger partial charge is 0.260 e. The number of amides is 1. The van der Waals surface area contributed by atoms with E-state index in [-0.39, 0.29) is 11.7 Å². The van der Waals surface area contributed by atoms with E-state index in [9.17, 15) is 9.18 Å². The first kappa shape index (κ1) is 13.0. The lowest BCUT2D eigenvalue weighted by atomic mass is 10.1. The third-order valence-electron chi connectivity index (χ3n) is 2.83. The van der Waals surface area contributed by atoms with Crippen molar-refractivity contribution in [3.63, 3.8) is 0 Å². The van der Waals surface area contributed by atoms with Crippen molar-refractivity contribution in [1.29, 1.82) is 0 Å². The highest BCUT2D eigenvalue weighted by molar-refractivity contribution is 6.09. The SMILES string of the molecule is CN(C(=O)c1ccccc1NN)c1ccc(F)cc1. The van der Waals surface area contributed by atoms with Gasteiger partial charge in [-0.15, -0.1) is 0 Å². The van der Waals surface area contributed by atoms with Gasteiger partial charge in [0.2, 0.25) is 0 Å². The van der Waals surface area contributed by atoms with Gasteiger partial charge < -0.3 is 10.3 Å². The fourth-order valence-corrected chi connectivity index (χ4v) is 1.76. The summed E-state index contributed by atoms with van der Waals surface area (Å²) in [5, 5.41) is 0. The molecular formula is C14H14FN3O. The minimum absolute atomic E-state index is 0.222. The van der Waals surface area contributed by atoms with E-state index < -0.39 is 0 Å². The van der Waals surface area contributed by atoms with E-state index in [4.69, 9.17) is 5.84 Å². The molecule has 5 heteroatoms. The van der Waals surface area contributed by atoms with E-state index in [2.05, 4.69) is 5.43 Å². The molecule has 0 heterocycles. The molecule has 0 unspecified atom stereocenters. The molecule has 0 bridgehead atoms. The Labute approximate surface area is 110 Å². The Balaban J connectivity index is 2.30. The molecular weight excluding hydrogens is 245 g/mol. The third-order valence-corrected chi connectivity index (χ3v) is 2.83. The molecule has 19 heavy (non-hydrogen) atoms. The number of para-hydroxylation sites is 1. The largest absolute Gasteiger partial charge is 0.323 e. The third kappa shape index (κ3) is 2.71. The number of halogens is 1. The van der Waals surface area contributed by atoms with Crippen LogP contribution in [0.5, 0.6) is 0 Å². The second-order valence-corrected chi connectivity index (χ2v) is 4.03. The molecule has 2 aromatic rings. The van der Waals surface area contributed by atoms with Crippen LogP contribution in [-0.2, 0) is 0 Å². The normalized spacial score (nSPS) is 10.1. The van der Waals surface area contributed by atoms with Gasteiger partial charge in [0.15, 0.2) is 0 Å². The lowest BCUT2D eigenvalue weighted by Gasteiger charge is -2.19. The number of nitrogens with one attached hydrogen (secondary N) is 1. The summed E-state index contributed by atoms with van der Waals surface area (Å²) in [5.74, 6) is 4.82. The van der Waals surface area contributed by atoms with Gasteiger partial charge in [0.1, 0.15) is 5.82 Å². The Hall–Kier alpha value is -2.40. The molecule has 3 N–H and O–H groups in total. The van der Waals surface area contributed by atoms with Gasteiger partial charge >= 0.3 is 0 Å². The van der Waals surface area contributed by atoms with Crippen molar-refractivity contribution in [2.45, 2.75) is 0 Å². The van der Waals surface area contributed by atoms with Crippen LogP contribution in [0.1, 0.15) is 10.4 Å². The van der Waals surface area contributed by atoms with Gasteiger partial charge in [0.25, 0.3) is 5.91 Å². The van der Waals surface area contributed by atoms with E-state index in [1.807, 2.05) is 0 Å². The van der Waals surface area contributed by atoms with Gasteiger partial charge in [0.05, 0.1) is 11.3 Å². The Morgan fingerprint density at radius 1 is 1.16 bits per heavy atom. The summed E-state index contributed by atoms with van der Waals surface area (Å²) < 4.78 is 12.9. The molecule has 0 aliphatic rings. The minimum Gasteiger partial charge on any atom is -0.323 e. The number of nitrogens with two attached hydrogens (primary N) is 1. The zero-order chi connectivity index (χ0) is 13.8.